The van der Waals surface area contributed by atoms with Crippen LogP contribution in [0.4, 0.5) is 4.39 Å². The molecule has 0 unspecified atom stereocenters. The zero-order valence-electron chi connectivity index (χ0n) is 8.02. The van der Waals surface area contributed by atoms with Gasteiger partial charge in [0.05, 0.1) is 0 Å². The highest BCUT2D eigenvalue weighted by Gasteiger charge is 2.17. The fraction of sp³-hybridized carbons (Fsp3) is 0. The van der Waals surface area contributed by atoms with Gasteiger partial charge in [0.25, 0.3) is 0 Å². The SMILES string of the molecule is OB(O)Oc1cc(Br)c2ccccc2c1F. The van der Waals surface area contributed by atoms with Crippen LogP contribution in [0.2, 0.25) is 0 Å². The van der Waals surface area contributed by atoms with Crippen LogP contribution in [0.1, 0.15) is 0 Å². The van der Waals surface area contributed by atoms with Gasteiger partial charge in [0.1, 0.15) is 5.75 Å². The van der Waals surface area contributed by atoms with Gasteiger partial charge in [-0.2, -0.15) is 0 Å². The summed E-state index contributed by atoms with van der Waals surface area (Å²) in [6.07, 6.45) is 0. The van der Waals surface area contributed by atoms with Gasteiger partial charge in [-0.05, 0) is 11.5 Å². The first kappa shape index (κ1) is 11.4. The van der Waals surface area contributed by atoms with Gasteiger partial charge in [0.15, 0.2) is 5.82 Å². The predicted octanol–water partition coefficient (Wildman–Crippen LogP) is 2.09. The summed E-state index contributed by atoms with van der Waals surface area (Å²) in [4.78, 5) is 0. The molecule has 0 amide bonds. The van der Waals surface area contributed by atoms with E-state index < -0.39 is 13.1 Å². The summed E-state index contributed by atoms with van der Waals surface area (Å²) in [5, 5.41) is 18.3. The Balaban J connectivity index is 2.65. The second-order valence-electron chi connectivity index (χ2n) is 3.16. The Morgan fingerprint density at radius 1 is 1.19 bits per heavy atom. The Kier molecular flexibility index (Phi) is 3.14. The molecule has 0 fully saturated rings. The second kappa shape index (κ2) is 4.41. The second-order valence-corrected chi connectivity index (χ2v) is 4.01. The quantitative estimate of drug-likeness (QED) is 0.831. The highest BCUT2D eigenvalue weighted by molar-refractivity contribution is 9.10. The van der Waals surface area contributed by atoms with Gasteiger partial charge < -0.3 is 14.7 Å². The van der Waals surface area contributed by atoms with Crippen molar-refractivity contribution in [1.29, 1.82) is 0 Å². The Hall–Kier alpha value is -1.11. The Morgan fingerprint density at radius 3 is 2.44 bits per heavy atom. The molecule has 0 aliphatic carbocycles. The van der Waals surface area contributed by atoms with E-state index in [-0.39, 0.29) is 5.75 Å². The maximum atomic E-state index is 13.8. The molecule has 16 heavy (non-hydrogen) atoms. The molecule has 2 rings (SSSR count). The van der Waals surface area contributed by atoms with Crippen molar-refractivity contribution >= 4 is 34.0 Å². The van der Waals surface area contributed by atoms with Gasteiger partial charge in [0.2, 0.25) is 0 Å². The highest BCUT2D eigenvalue weighted by Crippen LogP contribution is 2.32. The summed E-state index contributed by atoms with van der Waals surface area (Å²) < 4.78 is 19.0. The predicted molar refractivity (Wildman–Crippen MR) is 62.4 cm³/mol. The van der Waals surface area contributed by atoms with E-state index in [0.29, 0.717) is 15.2 Å². The van der Waals surface area contributed by atoms with Crippen molar-refractivity contribution in [2.24, 2.45) is 0 Å². The van der Waals surface area contributed by atoms with Crippen molar-refractivity contribution in [3.8, 4) is 5.75 Å². The molecule has 6 heteroatoms. The van der Waals surface area contributed by atoms with E-state index in [2.05, 4.69) is 20.6 Å². The fourth-order valence-corrected chi connectivity index (χ4v) is 2.02. The van der Waals surface area contributed by atoms with Crippen LogP contribution in [-0.2, 0) is 0 Å². The van der Waals surface area contributed by atoms with Crippen molar-refractivity contribution < 1.29 is 19.1 Å². The van der Waals surface area contributed by atoms with E-state index in [1.807, 2.05) is 0 Å². The highest BCUT2D eigenvalue weighted by atomic mass is 79.9. The van der Waals surface area contributed by atoms with Crippen LogP contribution in [0.25, 0.3) is 10.8 Å². The van der Waals surface area contributed by atoms with Gasteiger partial charge in [-0.3, -0.25) is 0 Å². The van der Waals surface area contributed by atoms with E-state index in [1.54, 1.807) is 24.3 Å². The number of rotatable bonds is 2. The number of hydrogen-bond donors (Lipinski definition) is 2. The van der Waals surface area contributed by atoms with E-state index in [4.69, 9.17) is 10.0 Å². The minimum absolute atomic E-state index is 0.208. The van der Waals surface area contributed by atoms with Crippen molar-refractivity contribution in [2.45, 2.75) is 0 Å². The third kappa shape index (κ3) is 2.04. The van der Waals surface area contributed by atoms with Gasteiger partial charge in [-0.1, -0.05) is 40.2 Å². The lowest BCUT2D eigenvalue weighted by atomic mass is 10.1. The average Bonchev–Trinajstić information content (AvgIpc) is 2.25. The molecule has 0 aliphatic heterocycles. The van der Waals surface area contributed by atoms with Crippen LogP contribution in [0.3, 0.4) is 0 Å². The van der Waals surface area contributed by atoms with Gasteiger partial charge >= 0.3 is 7.32 Å². The Bertz CT molecular complexity index is 533. The first-order valence-electron chi connectivity index (χ1n) is 4.49. The molecule has 0 saturated carbocycles. The minimum Gasteiger partial charge on any atom is -0.510 e. The Labute approximate surface area is 99.8 Å². The molecule has 2 aromatic rings. The molecule has 0 saturated heterocycles. The molecule has 2 aromatic carbocycles. The monoisotopic (exact) mass is 284 g/mol. The molecule has 0 atom stereocenters. The van der Waals surface area contributed by atoms with Crippen LogP contribution in [0, 0.1) is 5.82 Å². The molecule has 0 aromatic heterocycles. The molecule has 0 aliphatic rings. The number of benzene rings is 2. The zero-order chi connectivity index (χ0) is 11.7. The molecule has 0 heterocycles. The van der Waals surface area contributed by atoms with E-state index >= 15 is 0 Å². The van der Waals surface area contributed by atoms with Crippen LogP contribution in [-0.4, -0.2) is 17.4 Å². The van der Waals surface area contributed by atoms with Crippen molar-refractivity contribution in [3.05, 3.63) is 40.6 Å². The first-order chi connectivity index (χ1) is 7.59. The van der Waals surface area contributed by atoms with Gasteiger partial charge in [-0.15, -0.1) is 0 Å². The molecule has 2 N–H and O–H groups in total. The lowest BCUT2D eigenvalue weighted by molar-refractivity contribution is 0.282. The topological polar surface area (TPSA) is 49.7 Å². The molecular formula is C10H7BBrFO3. The largest absolute Gasteiger partial charge is 0.707 e. The van der Waals surface area contributed by atoms with Crippen LogP contribution in [0.5, 0.6) is 5.75 Å². The first-order valence-corrected chi connectivity index (χ1v) is 5.28. The molecule has 0 radical (unpaired) electrons. The minimum atomic E-state index is -2.04. The molecule has 0 spiro atoms. The third-order valence-electron chi connectivity index (χ3n) is 2.13. The molecule has 82 valence electrons. The summed E-state index contributed by atoms with van der Waals surface area (Å²) in [7, 11) is -2.04. The van der Waals surface area contributed by atoms with Crippen molar-refractivity contribution in [2.75, 3.05) is 0 Å². The van der Waals surface area contributed by atoms with Crippen LogP contribution < -0.4 is 4.65 Å². The van der Waals surface area contributed by atoms with Crippen LogP contribution >= 0.6 is 15.9 Å². The standard InChI is InChI=1S/C10H7BBrFO3/c12-8-5-9(16-11(14)15)10(13)7-4-2-1-3-6(7)8/h1-5,14-15H. The lowest BCUT2D eigenvalue weighted by Gasteiger charge is -2.09. The average molecular weight is 285 g/mol. The van der Waals surface area contributed by atoms with E-state index in [0.717, 1.165) is 0 Å². The summed E-state index contributed by atoms with van der Waals surface area (Å²) in [5.74, 6) is -0.826. The molecule has 0 bridgehead atoms. The normalized spacial score (nSPS) is 10.5. The van der Waals surface area contributed by atoms with Crippen molar-refractivity contribution in [1.82, 2.24) is 0 Å². The van der Waals surface area contributed by atoms with Gasteiger partial charge in [0, 0.05) is 9.86 Å². The third-order valence-corrected chi connectivity index (χ3v) is 2.78. The molecule has 3 nitrogen and oxygen atoms in total. The van der Waals surface area contributed by atoms with Crippen molar-refractivity contribution in [3.63, 3.8) is 0 Å². The lowest BCUT2D eigenvalue weighted by Crippen LogP contribution is -2.21. The van der Waals surface area contributed by atoms with E-state index in [1.165, 1.54) is 6.07 Å². The number of halogens is 2. The number of fused-ring (bicyclic) bond motifs is 1. The summed E-state index contributed by atoms with van der Waals surface area (Å²) in [6.45, 7) is 0. The smallest absolute Gasteiger partial charge is 0.510 e. The van der Waals surface area contributed by atoms with Gasteiger partial charge in [-0.25, -0.2) is 4.39 Å². The Morgan fingerprint density at radius 2 is 1.81 bits per heavy atom. The van der Waals surface area contributed by atoms with E-state index in [9.17, 15) is 4.39 Å². The zero-order valence-corrected chi connectivity index (χ0v) is 9.61. The van der Waals surface area contributed by atoms with Crippen LogP contribution in [0.15, 0.2) is 34.8 Å². The summed E-state index contributed by atoms with van der Waals surface area (Å²) >= 11 is 3.26. The summed E-state index contributed by atoms with van der Waals surface area (Å²) in [6, 6.07) is 8.18. The fourth-order valence-electron chi connectivity index (χ4n) is 1.47. The molecular weight excluding hydrogens is 278 g/mol. The number of hydrogen-bond acceptors (Lipinski definition) is 3. The maximum Gasteiger partial charge on any atom is 0.707 e. The maximum absolute atomic E-state index is 13.8. The summed E-state index contributed by atoms with van der Waals surface area (Å²) in [5.41, 5.74) is 0.